The number of hydrogen-bond donors (Lipinski definition) is 0. The van der Waals surface area contributed by atoms with Gasteiger partial charge in [-0.15, -0.1) is 0 Å². The third-order valence-electron chi connectivity index (χ3n) is 8.42. The van der Waals surface area contributed by atoms with Gasteiger partial charge in [0.05, 0.1) is 12.2 Å². The van der Waals surface area contributed by atoms with E-state index in [1.54, 1.807) is 0 Å². The van der Waals surface area contributed by atoms with Crippen molar-refractivity contribution in [3.8, 4) is 0 Å². The van der Waals surface area contributed by atoms with Crippen LogP contribution in [0.3, 0.4) is 0 Å². The van der Waals surface area contributed by atoms with Crippen LogP contribution in [0.15, 0.2) is 146 Å². The number of carbonyl (C=O) groups is 2. The van der Waals surface area contributed by atoms with E-state index in [-0.39, 0.29) is 23.2 Å². The summed E-state index contributed by atoms with van der Waals surface area (Å²) in [6.45, 7) is 6.89. The van der Waals surface area contributed by atoms with Crippen molar-refractivity contribution in [2.75, 3.05) is 6.61 Å². The summed E-state index contributed by atoms with van der Waals surface area (Å²) in [5, 5.41) is 5.54. The normalized spacial score (nSPS) is 12.5. The van der Waals surface area contributed by atoms with E-state index in [4.69, 9.17) is 4.74 Å². The van der Waals surface area contributed by atoms with Gasteiger partial charge in [-0.25, -0.2) is 4.79 Å². The molecule has 1 atom stereocenters. The Morgan fingerprint density at radius 3 is 1.57 bits per heavy atom. The van der Waals surface area contributed by atoms with Gasteiger partial charge in [-0.2, -0.15) is 0 Å². The Bertz CT molecular complexity index is 1570. The minimum Gasteiger partial charge on any atom is -0.462 e. The maximum absolute atomic E-state index is 13.8. The number of ether oxygens (including phenoxy) is 1. The fourth-order valence-electron chi connectivity index (χ4n) is 6.58. The quantitative estimate of drug-likeness (QED) is 0.0727. The van der Waals surface area contributed by atoms with Gasteiger partial charge in [-0.3, -0.25) is 0 Å². The first kappa shape index (κ1) is 31.3. The van der Waals surface area contributed by atoms with Crippen LogP contribution in [0.2, 0.25) is 10.6 Å². The monoisotopic (exact) mass is 614 g/mol. The molecule has 0 amide bonds. The molecule has 0 spiro atoms. The molecule has 3 nitrogen and oxygen atoms in total. The van der Waals surface area contributed by atoms with E-state index in [1.807, 2.05) is 72.8 Å². The second kappa shape index (κ2) is 14.1. The zero-order chi connectivity index (χ0) is 31.0. The molecule has 0 bridgehead atoms. The van der Waals surface area contributed by atoms with Gasteiger partial charge in [0.1, 0.15) is 14.4 Å². The maximum Gasteiger partial charge on any atom is 0.338 e. The molecule has 0 heterocycles. The first-order valence-electron chi connectivity index (χ1n) is 15.1. The Morgan fingerprint density at radius 2 is 1.11 bits per heavy atom. The molecule has 1 unspecified atom stereocenters. The van der Waals surface area contributed by atoms with Crippen molar-refractivity contribution < 1.29 is 14.3 Å². The smallest absolute Gasteiger partial charge is 0.338 e. The average molecular weight is 615 g/mol. The van der Waals surface area contributed by atoms with E-state index in [0.717, 1.165) is 11.6 Å². The molecular formula is C39H39O3PSi. The molecule has 0 aliphatic carbocycles. The zero-order valence-electron chi connectivity index (χ0n) is 25.6. The Hall–Kier alpha value is -4.11. The lowest BCUT2D eigenvalue weighted by atomic mass is 10.2. The number of esters is 1. The molecular weight excluding hydrogens is 575 g/mol. The molecule has 5 heteroatoms. The molecule has 0 saturated heterocycles. The molecule has 0 saturated carbocycles. The summed E-state index contributed by atoms with van der Waals surface area (Å²) in [5.41, 5.74) is 0.278. The minimum absolute atomic E-state index is 0.162. The average Bonchev–Trinajstić information content (AvgIpc) is 3.06. The molecule has 0 N–H and O–H groups in total. The van der Waals surface area contributed by atoms with Crippen LogP contribution in [0.4, 0.5) is 0 Å². The second-order valence-electron chi connectivity index (χ2n) is 12.0. The number of aldehydes is 1. The lowest BCUT2D eigenvalue weighted by Gasteiger charge is -2.47. The fraction of sp³-hybridized carbons (Fsp3) is 0.179. The predicted octanol–water partition coefficient (Wildman–Crippen LogP) is 6.62. The highest BCUT2D eigenvalue weighted by Gasteiger charge is 2.53. The summed E-state index contributed by atoms with van der Waals surface area (Å²) in [5.74, 6) is -0.355. The van der Waals surface area contributed by atoms with Gasteiger partial charge in [0, 0.05) is 5.54 Å². The summed E-state index contributed by atoms with van der Waals surface area (Å²) in [6.07, 6.45) is 1.57. The van der Waals surface area contributed by atoms with Crippen LogP contribution in [0, 0.1) is 0 Å². The van der Waals surface area contributed by atoms with Gasteiger partial charge in [0.25, 0.3) is 0 Å². The number of carbonyl (C=O) groups excluding carboxylic acids is 2. The van der Waals surface area contributed by atoms with Crippen molar-refractivity contribution in [3.63, 3.8) is 0 Å². The first-order chi connectivity index (χ1) is 21.4. The highest BCUT2D eigenvalue weighted by molar-refractivity contribution is 7.80. The molecule has 0 fully saturated rings. The summed E-state index contributed by atoms with van der Waals surface area (Å²) < 4.78 is 6.04. The summed E-state index contributed by atoms with van der Waals surface area (Å²) in [4.78, 5) is 26.8. The Balaban J connectivity index is 1.46. The molecule has 5 aromatic carbocycles. The van der Waals surface area contributed by atoms with Gasteiger partial charge in [0.15, 0.2) is 0 Å². The van der Waals surface area contributed by atoms with E-state index in [0.29, 0.717) is 12.0 Å². The predicted molar refractivity (Wildman–Crippen MR) is 187 cm³/mol. The van der Waals surface area contributed by atoms with E-state index >= 15 is 0 Å². The lowest BCUT2D eigenvalue weighted by molar-refractivity contribution is -0.108. The van der Waals surface area contributed by atoms with Crippen molar-refractivity contribution in [1.82, 2.24) is 0 Å². The molecule has 44 heavy (non-hydrogen) atoms. The van der Waals surface area contributed by atoms with Crippen molar-refractivity contribution >= 4 is 54.5 Å². The fourth-order valence-corrected chi connectivity index (χ4v) is 15.2. The van der Waals surface area contributed by atoms with Gasteiger partial charge in [0.2, 0.25) is 0 Å². The lowest BCUT2D eigenvalue weighted by Crippen LogP contribution is -2.67. The van der Waals surface area contributed by atoms with Gasteiger partial charge < -0.3 is 9.53 Å². The van der Waals surface area contributed by atoms with Crippen LogP contribution >= 0.6 is 7.92 Å². The van der Waals surface area contributed by atoms with Crippen LogP contribution < -0.4 is 26.3 Å². The van der Waals surface area contributed by atoms with Crippen molar-refractivity contribution in [1.29, 1.82) is 0 Å². The Morgan fingerprint density at radius 1 is 0.682 bits per heavy atom. The van der Waals surface area contributed by atoms with Crippen molar-refractivity contribution in [3.05, 3.63) is 151 Å². The largest absolute Gasteiger partial charge is 0.462 e. The van der Waals surface area contributed by atoms with Crippen LogP contribution in [-0.4, -0.2) is 26.9 Å². The van der Waals surface area contributed by atoms with Crippen molar-refractivity contribution in [2.24, 2.45) is 0 Å². The second-order valence-corrected chi connectivity index (χ2v) is 19.2. The van der Waals surface area contributed by atoms with E-state index in [9.17, 15) is 9.59 Å². The molecule has 5 aromatic rings. The van der Waals surface area contributed by atoms with Crippen LogP contribution in [0.25, 0.3) is 0 Å². The zero-order valence-corrected chi connectivity index (χ0v) is 27.5. The van der Waals surface area contributed by atoms with E-state index < -0.39 is 16.0 Å². The van der Waals surface area contributed by atoms with Crippen molar-refractivity contribution in [2.45, 2.75) is 37.8 Å². The molecule has 222 valence electrons. The highest BCUT2D eigenvalue weighted by Crippen LogP contribution is 2.44. The topological polar surface area (TPSA) is 43.4 Å². The molecule has 0 aromatic heterocycles. The van der Waals surface area contributed by atoms with Crippen LogP contribution in [0.1, 0.15) is 37.6 Å². The summed E-state index contributed by atoms with van der Waals surface area (Å²) in [6, 6.07) is 49.4. The number of rotatable bonds is 11. The number of hydrogen-bond acceptors (Lipinski definition) is 3. The van der Waals surface area contributed by atoms with Gasteiger partial charge in [-0.05, 0) is 41.4 Å². The molecule has 5 rings (SSSR count). The number of benzene rings is 5. The third kappa shape index (κ3) is 6.38. The SMILES string of the molecule is CC(C)(C)[Si](c1ccccc1)(c1ccccc1)C(C=O)CCOC(=O)c1ccccc1P(c1ccccc1)c1ccccc1. The molecule has 0 radical (unpaired) electrons. The minimum atomic E-state index is -2.70. The van der Waals surface area contributed by atoms with Crippen LogP contribution in [-0.2, 0) is 9.53 Å². The van der Waals surface area contributed by atoms with E-state index in [1.165, 1.54) is 21.0 Å². The van der Waals surface area contributed by atoms with Gasteiger partial charge >= 0.3 is 5.97 Å². The standard InChI is InChI=1S/C39H39O3PSi/c1-39(2,3)44(33-22-12-6-13-23-33,34-24-14-7-15-25-34)35(30-40)28-29-42-38(41)36-26-16-17-27-37(36)43(31-18-8-4-9-19-31)32-20-10-5-11-21-32/h4-27,30,35H,28-29H2,1-3H3. The molecule has 0 aliphatic rings. The Kier molecular flexibility index (Phi) is 10.0. The Labute approximate surface area is 263 Å². The van der Waals surface area contributed by atoms with E-state index in [2.05, 4.69) is 93.6 Å². The maximum atomic E-state index is 13.8. The third-order valence-corrected chi connectivity index (χ3v) is 17.3. The first-order valence-corrected chi connectivity index (χ1v) is 18.5. The summed E-state index contributed by atoms with van der Waals surface area (Å²) >= 11 is 0. The molecule has 0 aliphatic heterocycles. The van der Waals surface area contributed by atoms with Gasteiger partial charge in [-0.1, -0.05) is 171 Å². The summed E-state index contributed by atoms with van der Waals surface area (Å²) in [7, 11) is -3.68. The highest BCUT2D eigenvalue weighted by atomic mass is 31.1. The van der Waals surface area contributed by atoms with Crippen LogP contribution in [0.5, 0.6) is 0 Å².